The maximum atomic E-state index is 5.98. The Balaban J connectivity index is 1.47. The van der Waals surface area contributed by atoms with Crippen molar-refractivity contribution in [1.29, 1.82) is 0 Å². The molecular formula is C24H20N4OS. The Bertz CT molecular complexity index is 1290. The van der Waals surface area contributed by atoms with E-state index in [-0.39, 0.29) is 0 Å². The van der Waals surface area contributed by atoms with Crippen LogP contribution in [0, 0.1) is 6.92 Å². The van der Waals surface area contributed by atoms with Crippen LogP contribution in [0.1, 0.15) is 11.1 Å². The third kappa shape index (κ3) is 3.46. The van der Waals surface area contributed by atoms with Gasteiger partial charge >= 0.3 is 0 Å². The Morgan fingerprint density at radius 3 is 2.70 bits per heavy atom. The van der Waals surface area contributed by atoms with Gasteiger partial charge in [-0.05, 0) is 42.3 Å². The van der Waals surface area contributed by atoms with E-state index in [1.807, 2.05) is 43.8 Å². The Labute approximate surface area is 178 Å². The van der Waals surface area contributed by atoms with Gasteiger partial charge in [-0.1, -0.05) is 30.3 Å². The molecule has 0 radical (unpaired) electrons. The summed E-state index contributed by atoms with van der Waals surface area (Å²) in [5, 5.41) is 1.05. The van der Waals surface area contributed by atoms with Crippen molar-refractivity contribution in [2.75, 3.05) is 0 Å². The highest BCUT2D eigenvalue weighted by atomic mass is 32.1. The third-order valence-corrected chi connectivity index (χ3v) is 6.13. The summed E-state index contributed by atoms with van der Waals surface area (Å²) in [4.78, 5) is 15.3. The van der Waals surface area contributed by atoms with Gasteiger partial charge in [-0.3, -0.25) is 0 Å². The van der Waals surface area contributed by atoms with Crippen molar-refractivity contribution in [3.63, 3.8) is 0 Å². The van der Waals surface area contributed by atoms with Crippen molar-refractivity contribution < 1.29 is 4.74 Å². The molecular weight excluding hydrogens is 392 g/mol. The highest BCUT2D eigenvalue weighted by molar-refractivity contribution is 7.21. The van der Waals surface area contributed by atoms with Crippen LogP contribution in [-0.2, 0) is 13.7 Å². The van der Waals surface area contributed by atoms with Gasteiger partial charge in [-0.15, -0.1) is 11.3 Å². The largest absolute Gasteiger partial charge is 0.489 e. The second kappa shape index (κ2) is 7.72. The Kier molecular flexibility index (Phi) is 4.77. The number of thiophene rings is 1. The molecule has 0 aliphatic rings. The minimum Gasteiger partial charge on any atom is -0.489 e. The van der Waals surface area contributed by atoms with E-state index >= 15 is 0 Å². The molecule has 5 aromatic rings. The molecule has 0 atom stereocenters. The average Bonchev–Trinajstić information content (AvgIpc) is 3.36. The zero-order valence-corrected chi connectivity index (χ0v) is 17.6. The van der Waals surface area contributed by atoms with E-state index in [0.29, 0.717) is 6.61 Å². The summed E-state index contributed by atoms with van der Waals surface area (Å²) in [5.74, 6) is 0.856. The number of benzene rings is 2. The Hall–Kier alpha value is -3.51. The molecule has 0 saturated carbocycles. The number of ether oxygens (including phenoxy) is 1. The van der Waals surface area contributed by atoms with Gasteiger partial charge in [0.05, 0.1) is 22.6 Å². The van der Waals surface area contributed by atoms with Crippen LogP contribution in [0.5, 0.6) is 5.75 Å². The average molecular weight is 413 g/mol. The summed E-state index contributed by atoms with van der Waals surface area (Å²) in [6.07, 6.45) is 5.30. The molecule has 0 saturated heterocycles. The van der Waals surface area contributed by atoms with E-state index < -0.39 is 0 Å². The minimum atomic E-state index is 0.553. The fourth-order valence-electron chi connectivity index (χ4n) is 3.56. The number of imidazole rings is 1. The monoisotopic (exact) mass is 412 g/mol. The quantitative estimate of drug-likeness (QED) is 0.374. The number of hydrogen-bond acceptors (Lipinski definition) is 5. The SMILES string of the molecule is Cc1cc(OCc2ccccc2)ccc1-c1ncn(C)c1-c1cc2cncnc2s1. The summed E-state index contributed by atoms with van der Waals surface area (Å²) in [7, 11) is 2.02. The van der Waals surface area contributed by atoms with Crippen LogP contribution in [0.2, 0.25) is 0 Å². The van der Waals surface area contributed by atoms with Gasteiger partial charge in [-0.25, -0.2) is 15.0 Å². The van der Waals surface area contributed by atoms with Crippen LogP contribution in [-0.4, -0.2) is 19.5 Å². The van der Waals surface area contributed by atoms with Crippen molar-refractivity contribution in [3.05, 3.63) is 84.6 Å². The van der Waals surface area contributed by atoms with Gasteiger partial charge in [0.25, 0.3) is 0 Å². The van der Waals surface area contributed by atoms with Crippen LogP contribution >= 0.6 is 11.3 Å². The zero-order chi connectivity index (χ0) is 20.5. The van der Waals surface area contributed by atoms with Crippen molar-refractivity contribution in [3.8, 4) is 27.6 Å². The van der Waals surface area contributed by atoms with Gasteiger partial charge in [0.1, 0.15) is 23.5 Å². The maximum absolute atomic E-state index is 5.98. The van der Waals surface area contributed by atoms with Crippen LogP contribution < -0.4 is 4.74 Å². The van der Waals surface area contributed by atoms with E-state index in [2.05, 4.69) is 51.8 Å². The number of hydrogen-bond donors (Lipinski definition) is 0. The molecule has 30 heavy (non-hydrogen) atoms. The fourth-order valence-corrected chi connectivity index (χ4v) is 4.62. The van der Waals surface area contributed by atoms with E-state index in [9.17, 15) is 0 Å². The predicted octanol–water partition coefficient (Wildman–Crippen LogP) is 5.65. The van der Waals surface area contributed by atoms with Crippen LogP contribution in [0.15, 0.2) is 73.4 Å². The lowest BCUT2D eigenvalue weighted by Crippen LogP contribution is -1.96. The van der Waals surface area contributed by atoms with E-state index in [0.717, 1.165) is 48.9 Å². The third-order valence-electron chi connectivity index (χ3n) is 5.07. The molecule has 3 heterocycles. The molecule has 0 fully saturated rings. The number of rotatable bonds is 5. The molecule has 5 nitrogen and oxygen atoms in total. The highest BCUT2D eigenvalue weighted by Crippen LogP contribution is 2.38. The van der Waals surface area contributed by atoms with Gasteiger partial charge in [0.15, 0.2) is 0 Å². The molecule has 0 N–H and O–H groups in total. The standard InChI is InChI=1S/C24H20N4OS/c1-16-10-19(29-13-17-6-4-3-5-7-17)8-9-20(16)22-23(28(2)15-27-22)21-11-18-12-25-14-26-24(18)30-21/h3-12,14-15H,13H2,1-2H3. The van der Waals surface area contributed by atoms with E-state index in [4.69, 9.17) is 9.72 Å². The molecule has 0 bridgehead atoms. The molecule has 0 spiro atoms. The van der Waals surface area contributed by atoms with E-state index in [1.165, 1.54) is 0 Å². The first-order chi connectivity index (χ1) is 14.7. The topological polar surface area (TPSA) is 52.8 Å². The van der Waals surface area contributed by atoms with Gasteiger partial charge < -0.3 is 9.30 Å². The molecule has 5 rings (SSSR count). The molecule has 3 aromatic heterocycles. The summed E-state index contributed by atoms with van der Waals surface area (Å²) < 4.78 is 8.05. The van der Waals surface area contributed by atoms with Crippen LogP contribution in [0.4, 0.5) is 0 Å². The molecule has 0 unspecified atom stereocenters. The smallest absolute Gasteiger partial charge is 0.127 e. The molecule has 0 aliphatic heterocycles. The molecule has 0 amide bonds. The second-order valence-electron chi connectivity index (χ2n) is 7.20. The number of nitrogens with zero attached hydrogens (tertiary/aromatic N) is 4. The summed E-state index contributed by atoms with van der Waals surface area (Å²) >= 11 is 1.66. The Morgan fingerprint density at radius 2 is 1.90 bits per heavy atom. The van der Waals surface area contributed by atoms with Crippen LogP contribution in [0.3, 0.4) is 0 Å². The van der Waals surface area contributed by atoms with Crippen molar-refractivity contribution in [2.24, 2.45) is 7.05 Å². The number of aryl methyl sites for hydroxylation is 2. The minimum absolute atomic E-state index is 0.553. The van der Waals surface area contributed by atoms with Crippen molar-refractivity contribution in [2.45, 2.75) is 13.5 Å². The lowest BCUT2D eigenvalue weighted by molar-refractivity contribution is 0.306. The molecule has 148 valence electrons. The van der Waals surface area contributed by atoms with Crippen molar-refractivity contribution >= 4 is 21.6 Å². The number of fused-ring (bicyclic) bond motifs is 1. The first-order valence-corrected chi connectivity index (χ1v) is 10.5. The van der Waals surface area contributed by atoms with Gasteiger partial charge in [0, 0.05) is 24.2 Å². The predicted molar refractivity (Wildman–Crippen MR) is 121 cm³/mol. The summed E-state index contributed by atoms with van der Waals surface area (Å²) in [6, 6.07) is 18.5. The normalized spacial score (nSPS) is 11.1. The summed E-state index contributed by atoms with van der Waals surface area (Å²) in [5.41, 5.74) is 5.42. The second-order valence-corrected chi connectivity index (χ2v) is 8.23. The van der Waals surface area contributed by atoms with E-state index in [1.54, 1.807) is 17.7 Å². The lowest BCUT2D eigenvalue weighted by atomic mass is 10.0. The number of aromatic nitrogens is 4. The molecule has 6 heteroatoms. The Morgan fingerprint density at radius 1 is 1.03 bits per heavy atom. The highest BCUT2D eigenvalue weighted by Gasteiger charge is 2.18. The molecule has 2 aromatic carbocycles. The zero-order valence-electron chi connectivity index (χ0n) is 16.7. The first kappa shape index (κ1) is 18.5. The molecule has 0 aliphatic carbocycles. The van der Waals surface area contributed by atoms with Crippen LogP contribution in [0.25, 0.3) is 32.0 Å². The fraction of sp³-hybridized carbons (Fsp3) is 0.125. The lowest BCUT2D eigenvalue weighted by Gasteiger charge is -2.11. The van der Waals surface area contributed by atoms with Gasteiger partial charge in [0.2, 0.25) is 0 Å². The maximum Gasteiger partial charge on any atom is 0.127 e. The summed E-state index contributed by atoms with van der Waals surface area (Å²) in [6.45, 7) is 2.65. The first-order valence-electron chi connectivity index (χ1n) is 9.68. The van der Waals surface area contributed by atoms with Crippen molar-refractivity contribution in [1.82, 2.24) is 19.5 Å². The van der Waals surface area contributed by atoms with Gasteiger partial charge in [-0.2, -0.15) is 0 Å².